The summed E-state index contributed by atoms with van der Waals surface area (Å²) in [6.07, 6.45) is 2.12. The maximum atomic E-state index is 10.8. The molecule has 2 rings (SSSR count). The molecule has 0 radical (unpaired) electrons. The molecule has 0 saturated carbocycles. The fourth-order valence-corrected chi connectivity index (χ4v) is 2.76. The molecular weight excluding hydrogens is 272 g/mol. The van der Waals surface area contributed by atoms with E-state index < -0.39 is 5.97 Å². The molecule has 0 unspecified atom stereocenters. The Kier molecular flexibility index (Phi) is 4.49. The number of rotatable bonds is 5. The normalized spacial score (nSPS) is 10.8. The summed E-state index contributed by atoms with van der Waals surface area (Å²) in [5.74, 6) is -0.801. The van der Waals surface area contributed by atoms with Gasteiger partial charge in [-0.15, -0.1) is 0 Å². The number of aryl methyl sites for hydroxylation is 1. The Morgan fingerprint density at radius 3 is 2.85 bits per heavy atom. The third-order valence-electron chi connectivity index (χ3n) is 2.94. The Balaban J connectivity index is 2.49. The predicted molar refractivity (Wildman–Crippen MR) is 82.3 cm³/mol. The number of fused-ring (bicyclic) bond motifs is 1. The summed E-state index contributed by atoms with van der Waals surface area (Å²) in [6, 6.07) is 5.99. The maximum absolute atomic E-state index is 10.8. The third-order valence-corrected chi connectivity index (χ3v) is 3.90. The molecule has 1 N–H and O–H groups in total. The van der Waals surface area contributed by atoms with E-state index in [1.807, 2.05) is 12.1 Å². The van der Waals surface area contributed by atoms with Gasteiger partial charge in [0.25, 0.3) is 0 Å². The van der Waals surface area contributed by atoms with Crippen LogP contribution in [-0.4, -0.2) is 26.4 Å². The SMILES string of the molecule is CC(C)=CCn1c(SCC(=O)O)nc2cccc(C)c21. The zero-order chi connectivity index (χ0) is 14.7. The van der Waals surface area contributed by atoms with Crippen LogP contribution < -0.4 is 0 Å². The van der Waals surface area contributed by atoms with Gasteiger partial charge in [-0.2, -0.15) is 0 Å². The molecule has 106 valence electrons. The summed E-state index contributed by atoms with van der Waals surface area (Å²) in [7, 11) is 0. The lowest BCUT2D eigenvalue weighted by Crippen LogP contribution is -2.03. The van der Waals surface area contributed by atoms with Crippen molar-refractivity contribution < 1.29 is 9.90 Å². The van der Waals surface area contributed by atoms with Gasteiger partial charge in [-0.05, 0) is 32.4 Å². The van der Waals surface area contributed by atoms with Crippen LogP contribution in [0, 0.1) is 6.92 Å². The molecule has 0 bridgehead atoms. The van der Waals surface area contributed by atoms with E-state index in [1.54, 1.807) is 0 Å². The van der Waals surface area contributed by atoms with Crippen LogP contribution in [0.3, 0.4) is 0 Å². The van der Waals surface area contributed by atoms with Gasteiger partial charge >= 0.3 is 5.97 Å². The highest BCUT2D eigenvalue weighted by Gasteiger charge is 2.13. The number of thioether (sulfide) groups is 1. The van der Waals surface area contributed by atoms with E-state index >= 15 is 0 Å². The van der Waals surface area contributed by atoms with Crippen molar-refractivity contribution in [3.63, 3.8) is 0 Å². The van der Waals surface area contributed by atoms with Crippen LogP contribution >= 0.6 is 11.8 Å². The van der Waals surface area contributed by atoms with Gasteiger partial charge in [-0.3, -0.25) is 4.79 Å². The largest absolute Gasteiger partial charge is 0.481 e. The summed E-state index contributed by atoms with van der Waals surface area (Å²) in [4.78, 5) is 15.3. The Morgan fingerprint density at radius 1 is 1.45 bits per heavy atom. The van der Waals surface area contributed by atoms with E-state index in [0.717, 1.165) is 21.8 Å². The van der Waals surface area contributed by atoms with Gasteiger partial charge in [-0.1, -0.05) is 35.5 Å². The second kappa shape index (κ2) is 6.13. The van der Waals surface area contributed by atoms with Gasteiger partial charge in [0.15, 0.2) is 5.16 Å². The van der Waals surface area contributed by atoms with Crippen LogP contribution in [0.5, 0.6) is 0 Å². The first kappa shape index (κ1) is 14.7. The zero-order valence-electron chi connectivity index (χ0n) is 11.9. The average molecular weight is 290 g/mol. The lowest BCUT2D eigenvalue weighted by atomic mass is 10.2. The maximum Gasteiger partial charge on any atom is 0.313 e. The molecule has 4 nitrogen and oxygen atoms in total. The first-order valence-electron chi connectivity index (χ1n) is 6.43. The van der Waals surface area contributed by atoms with Gasteiger partial charge in [0.05, 0.1) is 16.8 Å². The van der Waals surface area contributed by atoms with E-state index in [9.17, 15) is 4.79 Å². The summed E-state index contributed by atoms with van der Waals surface area (Å²) in [5, 5.41) is 9.60. The predicted octanol–water partition coefficient (Wildman–Crippen LogP) is 3.49. The lowest BCUT2D eigenvalue weighted by molar-refractivity contribution is -0.133. The Labute approximate surface area is 122 Å². The Bertz CT molecular complexity index is 670. The average Bonchev–Trinajstić information content (AvgIpc) is 2.73. The number of imidazole rings is 1. The fourth-order valence-electron chi connectivity index (χ4n) is 2.02. The summed E-state index contributed by atoms with van der Waals surface area (Å²) >= 11 is 1.26. The number of hydrogen-bond acceptors (Lipinski definition) is 3. The number of carbonyl (C=O) groups is 1. The lowest BCUT2D eigenvalue weighted by Gasteiger charge is -2.07. The third kappa shape index (κ3) is 3.22. The van der Waals surface area contributed by atoms with Crippen LogP contribution in [0.4, 0.5) is 0 Å². The number of benzene rings is 1. The van der Waals surface area contributed by atoms with Gasteiger partial charge in [0, 0.05) is 6.54 Å². The van der Waals surface area contributed by atoms with Crippen molar-refractivity contribution in [2.24, 2.45) is 0 Å². The highest BCUT2D eigenvalue weighted by Crippen LogP contribution is 2.26. The number of allylic oxidation sites excluding steroid dienone is 2. The van der Waals surface area contributed by atoms with Crippen molar-refractivity contribution in [2.75, 3.05) is 5.75 Å². The highest BCUT2D eigenvalue weighted by atomic mass is 32.2. The van der Waals surface area contributed by atoms with Crippen LogP contribution in [0.2, 0.25) is 0 Å². The van der Waals surface area contributed by atoms with Crippen molar-refractivity contribution in [3.8, 4) is 0 Å². The molecule has 0 spiro atoms. The van der Waals surface area contributed by atoms with Crippen molar-refractivity contribution in [3.05, 3.63) is 35.4 Å². The molecular formula is C15H18N2O2S. The van der Waals surface area contributed by atoms with E-state index in [0.29, 0.717) is 6.54 Å². The van der Waals surface area contributed by atoms with Gasteiger partial charge < -0.3 is 9.67 Å². The van der Waals surface area contributed by atoms with Crippen LogP contribution in [0.25, 0.3) is 11.0 Å². The van der Waals surface area contributed by atoms with Crippen molar-refractivity contribution in [2.45, 2.75) is 32.5 Å². The Morgan fingerprint density at radius 2 is 2.20 bits per heavy atom. The molecule has 0 aliphatic rings. The number of carboxylic acid groups (broad SMARTS) is 1. The topological polar surface area (TPSA) is 55.1 Å². The summed E-state index contributed by atoms with van der Waals surface area (Å²) < 4.78 is 2.09. The van der Waals surface area contributed by atoms with Gasteiger partial charge in [0.1, 0.15) is 0 Å². The zero-order valence-corrected chi connectivity index (χ0v) is 12.7. The number of nitrogens with zero attached hydrogens (tertiary/aromatic N) is 2. The molecule has 1 aromatic heterocycles. The molecule has 0 atom stereocenters. The molecule has 5 heteroatoms. The van der Waals surface area contributed by atoms with E-state index in [2.05, 4.69) is 42.5 Å². The molecule has 0 aliphatic carbocycles. The number of hydrogen-bond donors (Lipinski definition) is 1. The standard InChI is InChI=1S/C15H18N2O2S/c1-10(2)7-8-17-14-11(3)5-4-6-12(14)16-15(17)20-9-13(18)19/h4-7H,8-9H2,1-3H3,(H,18,19). The molecule has 0 saturated heterocycles. The summed E-state index contributed by atoms with van der Waals surface area (Å²) in [5.41, 5.74) is 4.38. The first-order chi connectivity index (χ1) is 9.49. The van der Waals surface area contributed by atoms with E-state index in [4.69, 9.17) is 5.11 Å². The molecule has 20 heavy (non-hydrogen) atoms. The smallest absolute Gasteiger partial charge is 0.313 e. The summed E-state index contributed by atoms with van der Waals surface area (Å²) in [6.45, 7) is 6.87. The minimum atomic E-state index is -0.826. The second-order valence-electron chi connectivity index (χ2n) is 4.91. The second-order valence-corrected chi connectivity index (χ2v) is 5.85. The number of carboxylic acids is 1. The number of aromatic nitrogens is 2. The van der Waals surface area contributed by atoms with Crippen molar-refractivity contribution >= 4 is 28.8 Å². The Hall–Kier alpha value is -1.75. The van der Waals surface area contributed by atoms with Gasteiger partial charge in [0.2, 0.25) is 0 Å². The number of para-hydroxylation sites is 1. The molecule has 0 aliphatic heterocycles. The molecule has 1 aromatic carbocycles. The monoisotopic (exact) mass is 290 g/mol. The fraction of sp³-hybridized carbons (Fsp3) is 0.333. The van der Waals surface area contributed by atoms with Crippen molar-refractivity contribution in [1.82, 2.24) is 9.55 Å². The van der Waals surface area contributed by atoms with Crippen LogP contribution in [-0.2, 0) is 11.3 Å². The van der Waals surface area contributed by atoms with Crippen LogP contribution in [0.15, 0.2) is 35.0 Å². The van der Waals surface area contributed by atoms with Gasteiger partial charge in [-0.25, -0.2) is 4.98 Å². The van der Waals surface area contributed by atoms with E-state index in [1.165, 1.54) is 17.3 Å². The highest BCUT2D eigenvalue weighted by molar-refractivity contribution is 7.99. The number of aliphatic carboxylic acids is 1. The van der Waals surface area contributed by atoms with E-state index in [-0.39, 0.29) is 5.75 Å². The molecule has 1 heterocycles. The van der Waals surface area contributed by atoms with Crippen molar-refractivity contribution in [1.29, 1.82) is 0 Å². The molecule has 2 aromatic rings. The minimum Gasteiger partial charge on any atom is -0.481 e. The first-order valence-corrected chi connectivity index (χ1v) is 7.41. The molecule has 0 amide bonds. The van der Waals surface area contributed by atoms with Crippen LogP contribution in [0.1, 0.15) is 19.4 Å². The quantitative estimate of drug-likeness (QED) is 0.676. The minimum absolute atomic E-state index is 0.0250. The molecule has 0 fully saturated rings.